The molecule has 0 fully saturated rings. The minimum absolute atomic E-state index is 0.445. The molecule has 63 heavy (non-hydrogen) atoms. The predicted octanol–water partition coefficient (Wildman–Crippen LogP) is 16.0. The first-order chi connectivity index (χ1) is 31.2. The van der Waals surface area contributed by atoms with Gasteiger partial charge in [-0.2, -0.15) is 0 Å². The Balaban J connectivity index is 1.00. The molecule has 0 N–H and O–H groups in total. The van der Waals surface area contributed by atoms with Gasteiger partial charge in [0.15, 0.2) is 5.65 Å². The van der Waals surface area contributed by atoms with Crippen molar-refractivity contribution in [3.05, 3.63) is 241 Å². The van der Waals surface area contributed by atoms with Crippen LogP contribution in [0.1, 0.15) is 22.3 Å². The van der Waals surface area contributed by atoms with Gasteiger partial charge in [0.1, 0.15) is 0 Å². The van der Waals surface area contributed by atoms with Gasteiger partial charge in [0.25, 0.3) is 0 Å². The van der Waals surface area contributed by atoms with E-state index in [-0.39, 0.29) is 0 Å². The van der Waals surface area contributed by atoms with Crippen molar-refractivity contribution in [2.45, 2.75) is 5.41 Å². The Morgan fingerprint density at radius 1 is 0.413 bits per heavy atom. The molecule has 1 aliphatic rings. The molecule has 10 aromatic carbocycles. The van der Waals surface area contributed by atoms with Gasteiger partial charge in [0.2, 0.25) is 0 Å². The summed E-state index contributed by atoms with van der Waals surface area (Å²) in [5.41, 5.74) is 15.2. The minimum atomic E-state index is -0.445. The fourth-order valence-corrected chi connectivity index (χ4v) is 12.2. The first kappa shape index (κ1) is 34.8. The molecule has 0 atom stereocenters. The molecule has 0 amide bonds. The molecule has 3 heterocycles. The highest BCUT2D eigenvalue weighted by Gasteiger charge is 2.46. The molecule has 0 saturated heterocycles. The third kappa shape index (κ3) is 4.91. The Hall–Kier alpha value is -7.85. The lowest BCUT2D eigenvalue weighted by atomic mass is 9.67. The van der Waals surface area contributed by atoms with Crippen molar-refractivity contribution in [2.75, 3.05) is 0 Å². The number of hydrogen-bond donors (Lipinski definition) is 0. The second-order valence-corrected chi connectivity index (χ2v) is 18.1. The van der Waals surface area contributed by atoms with Crippen LogP contribution in [0, 0.1) is 0 Å². The van der Waals surface area contributed by atoms with Crippen molar-refractivity contribution in [1.82, 2.24) is 9.38 Å². The molecule has 0 saturated carbocycles. The summed E-state index contributed by atoms with van der Waals surface area (Å²) in [5.74, 6) is 0. The van der Waals surface area contributed by atoms with Crippen LogP contribution in [0.15, 0.2) is 218 Å². The molecular weight excluding hydrogens is 781 g/mol. The van der Waals surface area contributed by atoms with Crippen LogP contribution < -0.4 is 0 Å². The van der Waals surface area contributed by atoms with E-state index >= 15 is 0 Å². The van der Waals surface area contributed by atoms with E-state index < -0.39 is 5.41 Å². The van der Waals surface area contributed by atoms with E-state index in [1.807, 2.05) is 11.3 Å². The molecule has 13 aromatic rings. The highest BCUT2D eigenvalue weighted by molar-refractivity contribution is 7.26. The normalized spacial score (nSPS) is 13.2. The summed E-state index contributed by atoms with van der Waals surface area (Å²) in [6.45, 7) is 0. The van der Waals surface area contributed by atoms with E-state index in [1.165, 1.54) is 97.0 Å². The molecule has 0 spiro atoms. The SMILES string of the molecule is c1ccc(C2(c3ccccc3)c3ccccc3-c3c(-c4ccc(-c5cc6c7cc8ccccc8cc7sc6c6nc7cc8cc9ccccc9cc8cc7n56)cc4)cccc32)cc1. The van der Waals surface area contributed by atoms with Gasteiger partial charge in [0.05, 0.1) is 26.8 Å². The van der Waals surface area contributed by atoms with Crippen LogP contribution in [0.3, 0.4) is 0 Å². The first-order valence-corrected chi connectivity index (χ1v) is 22.5. The Morgan fingerprint density at radius 2 is 0.984 bits per heavy atom. The third-order valence-electron chi connectivity index (χ3n) is 13.8. The Labute approximate surface area is 367 Å². The van der Waals surface area contributed by atoms with Crippen LogP contribution in [-0.4, -0.2) is 9.38 Å². The summed E-state index contributed by atoms with van der Waals surface area (Å²) in [5, 5.41) is 9.93. The van der Waals surface area contributed by atoms with E-state index in [2.05, 4.69) is 223 Å². The van der Waals surface area contributed by atoms with Gasteiger partial charge < -0.3 is 0 Å². The van der Waals surface area contributed by atoms with E-state index in [0.717, 1.165) is 27.9 Å². The van der Waals surface area contributed by atoms with Gasteiger partial charge in [-0.05, 0) is 125 Å². The zero-order valence-corrected chi connectivity index (χ0v) is 34.9. The van der Waals surface area contributed by atoms with Crippen molar-refractivity contribution in [2.24, 2.45) is 0 Å². The molecule has 292 valence electrons. The van der Waals surface area contributed by atoms with Crippen molar-refractivity contribution in [3.8, 4) is 33.5 Å². The second-order valence-electron chi connectivity index (χ2n) is 17.1. The van der Waals surface area contributed by atoms with Gasteiger partial charge in [0, 0.05) is 15.5 Å². The Bertz CT molecular complexity index is 3950. The van der Waals surface area contributed by atoms with Gasteiger partial charge in [-0.15, -0.1) is 11.3 Å². The van der Waals surface area contributed by atoms with Crippen LogP contribution in [0.25, 0.3) is 103 Å². The fourth-order valence-electron chi connectivity index (χ4n) is 11.0. The number of benzene rings is 10. The zero-order chi connectivity index (χ0) is 41.2. The largest absolute Gasteiger partial charge is 0.291 e. The summed E-state index contributed by atoms with van der Waals surface area (Å²) >= 11 is 1.85. The van der Waals surface area contributed by atoms with Crippen LogP contribution in [0.4, 0.5) is 0 Å². The van der Waals surface area contributed by atoms with E-state index in [4.69, 9.17) is 4.98 Å². The Morgan fingerprint density at radius 3 is 1.70 bits per heavy atom. The molecule has 14 rings (SSSR count). The fraction of sp³-hybridized carbons (Fsp3) is 0.0167. The highest BCUT2D eigenvalue weighted by atomic mass is 32.1. The third-order valence-corrected chi connectivity index (χ3v) is 14.9. The standard InChI is InChI=1S/C60H36N2S/c1-3-18-45(19-4-1)60(46-20-5-2-6-21-46)51-24-12-11-22-48(51)57-47(23-13-25-52(57)60)37-26-28-38(29-27-37)54-36-50-49-32-41-16-9-10-17-42(41)35-56(49)63-58(50)59-61-53-33-43-30-39-14-7-8-15-40(39)31-44(43)34-55(53)62(54)59/h1-36H. The van der Waals surface area contributed by atoms with Crippen LogP contribution in [0.5, 0.6) is 0 Å². The molecule has 0 unspecified atom stereocenters. The lowest BCUT2D eigenvalue weighted by Crippen LogP contribution is -2.28. The quantitative estimate of drug-likeness (QED) is 0.162. The molecule has 0 radical (unpaired) electrons. The van der Waals surface area contributed by atoms with Crippen molar-refractivity contribution < 1.29 is 0 Å². The molecule has 1 aliphatic carbocycles. The summed E-state index contributed by atoms with van der Waals surface area (Å²) in [6, 6.07) is 81.1. The number of nitrogens with zero attached hydrogens (tertiary/aromatic N) is 2. The minimum Gasteiger partial charge on any atom is -0.291 e. The van der Waals surface area contributed by atoms with Crippen LogP contribution >= 0.6 is 11.3 Å². The van der Waals surface area contributed by atoms with E-state index in [1.54, 1.807) is 0 Å². The Kier molecular flexibility index (Phi) is 7.23. The average molecular weight is 817 g/mol. The van der Waals surface area contributed by atoms with Gasteiger partial charge in [-0.1, -0.05) is 176 Å². The molecular formula is C60H36N2S. The maximum Gasteiger partial charge on any atom is 0.156 e. The van der Waals surface area contributed by atoms with Crippen molar-refractivity contribution in [1.29, 1.82) is 0 Å². The van der Waals surface area contributed by atoms with Crippen molar-refractivity contribution >= 4 is 80.5 Å². The number of imidazole rings is 1. The number of fused-ring (bicyclic) bond motifs is 13. The summed E-state index contributed by atoms with van der Waals surface area (Å²) < 4.78 is 4.91. The first-order valence-electron chi connectivity index (χ1n) is 21.7. The summed E-state index contributed by atoms with van der Waals surface area (Å²) in [6.07, 6.45) is 0. The summed E-state index contributed by atoms with van der Waals surface area (Å²) in [4.78, 5) is 5.49. The molecule has 0 aliphatic heterocycles. The van der Waals surface area contributed by atoms with Crippen LogP contribution in [-0.2, 0) is 5.41 Å². The zero-order valence-electron chi connectivity index (χ0n) is 34.1. The maximum absolute atomic E-state index is 5.49. The van der Waals surface area contributed by atoms with Gasteiger partial charge >= 0.3 is 0 Å². The predicted molar refractivity (Wildman–Crippen MR) is 266 cm³/mol. The van der Waals surface area contributed by atoms with Crippen LogP contribution in [0.2, 0.25) is 0 Å². The van der Waals surface area contributed by atoms with E-state index in [9.17, 15) is 0 Å². The number of hydrogen-bond acceptors (Lipinski definition) is 2. The topological polar surface area (TPSA) is 17.3 Å². The smallest absolute Gasteiger partial charge is 0.156 e. The lowest BCUT2D eigenvalue weighted by molar-refractivity contribution is 0.768. The molecule has 3 aromatic heterocycles. The molecule has 2 nitrogen and oxygen atoms in total. The maximum atomic E-state index is 5.49. The monoisotopic (exact) mass is 816 g/mol. The number of rotatable bonds is 4. The lowest BCUT2D eigenvalue weighted by Gasteiger charge is -2.34. The number of aromatic nitrogens is 2. The van der Waals surface area contributed by atoms with Gasteiger partial charge in [-0.3, -0.25) is 4.40 Å². The average Bonchev–Trinajstić information content (AvgIpc) is 4.00. The summed E-state index contributed by atoms with van der Waals surface area (Å²) in [7, 11) is 0. The van der Waals surface area contributed by atoms with E-state index in [0.29, 0.717) is 0 Å². The second kappa shape index (κ2) is 13.1. The van der Waals surface area contributed by atoms with Gasteiger partial charge in [-0.25, -0.2) is 4.98 Å². The number of pyridine rings is 1. The van der Waals surface area contributed by atoms with Crippen molar-refractivity contribution in [3.63, 3.8) is 0 Å². The number of thiophene rings is 1. The molecule has 0 bridgehead atoms. The molecule has 3 heteroatoms. The highest BCUT2D eigenvalue weighted by Crippen LogP contribution is 2.58.